The smallest absolute Gasteiger partial charge is 0.243 e. The zero-order valence-corrected chi connectivity index (χ0v) is 11.2. The van der Waals surface area contributed by atoms with Gasteiger partial charge in [0.15, 0.2) is 0 Å². The highest BCUT2D eigenvalue weighted by atomic mass is 32.2. The van der Waals surface area contributed by atoms with Crippen LogP contribution < -0.4 is 0 Å². The van der Waals surface area contributed by atoms with Crippen LogP contribution in [-0.4, -0.2) is 35.0 Å². The first-order chi connectivity index (χ1) is 9.45. The van der Waals surface area contributed by atoms with Crippen molar-refractivity contribution in [1.29, 1.82) is 5.26 Å². The van der Waals surface area contributed by atoms with Gasteiger partial charge in [-0.1, -0.05) is 0 Å². The van der Waals surface area contributed by atoms with Crippen LogP contribution in [0.1, 0.15) is 11.4 Å². The van der Waals surface area contributed by atoms with E-state index in [-0.39, 0.29) is 17.0 Å². The minimum Gasteiger partial charge on any atom is -0.262 e. The van der Waals surface area contributed by atoms with Crippen LogP contribution in [0.15, 0.2) is 29.4 Å². The maximum absolute atomic E-state index is 13.2. The van der Waals surface area contributed by atoms with E-state index in [9.17, 15) is 12.8 Å². The van der Waals surface area contributed by atoms with Crippen molar-refractivity contribution in [3.05, 3.63) is 41.7 Å². The summed E-state index contributed by atoms with van der Waals surface area (Å²) in [6.45, 7) is -0.0123. The number of sulfonamides is 1. The van der Waals surface area contributed by atoms with E-state index in [1.807, 2.05) is 0 Å². The molecule has 0 bridgehead atoms. The fraction of sp³-hybridized carbons (Fsp3) is 0.182. The Kier molecular flexibility index (Phi) is 3.78. The Morgan fingerprint density at radius 2 is 2.25 bits per heavy atom. The average molecular weight is 295 g/mol. The van der Waals surface area contributed by atoms with Crippen molar-refractivity contribution in [2.45, 2.75) is 11.4 Å². The number of hydrogen-bond donors (Lipinski definition) is 1. The number of benzene rings is 1. The number of H-pyrrole nitrogens is 1. The number of nitrogens with one attached hydrogen (secondary N) is 1. The van der Waals surface area contributed by atoms with Gasteiger partial charge in [0.25, 0.3) is 0 Å². The summed E-state index contributed by atoms with van der Waals surface area (Å²) in [6.07, 6.45) is 1.27. The van der Waals surface area contributed by atoms with Gasteiger partial charge >= 0.3 is 0 Å². The summed E-state index contributed by atoms with van der Waals surface area (Å²) >= 11 is 0. The van der Waals surface area contributed by atoms with Crippen LogP contribution in [0, 0.1) is 17.1 Å². The molecule has 1 aromatic carbocycles. The fourth-order valence-electron chi connectivity index (χ4n) is 1.53. The van der Waals surface area contributed by atoms with Gasteiger partial charge in [-0.3, -0.25) is 5.10 Å². The highest BCUT2D eigenvalue weighted by molar-refractivity contribution is 7.89. The van der Waals surface area contributed by atoms with Crippen LogP contribution in [-0.2, 0) is 16.6 Å². The zero-order chi connectivity index (χ0) is 14.8. The van der Waals surface area contributed by atoms with Gasteiger partial charge in [-0.15, -0.1) is 0 Å². The van der Waals surface area contributed by atoms with Crippen LogP contribution >= 0.6 is 0 Å². The molecule has 0 amide bonds. The Hall–Kier alpha value is -2.31. The molecule has 20 heavy (non-hydrogen) atoms. The lowest BCUT2D eigenvalue weighted by Gasteiger charge is -2.15. The standard InChI is InChI=1S/C11H10FN5O2S/c1-17(6-11-14-7-15-16-11)20(18,19)9-2-3-10(12)8(4-9)5-13/h2-4,7H,6H2,1H3,(H,14,15,16). The number of rotatable bonds is 4. The second-order valence-corrected chi connectivity index (χ2v) is 5.99. The lowest BCUT2D eigenvalue weighted by Crippen LogP contribution is -2.27. The molecule has 7 nitrogen and oxygen atoms in total. The van der Waals surface area contributed by atoms with Gasteiger partial charge < -0.3 is 0 Å². The molecular weight excluding hydrogens is 285 g/mol. The van der Waals surface area contributed by atoms with Crippen LogP contribution in [0.5, 0.6) is 0 Å². The lowest BCUT2D eigenvalue weighted by molar-refractivity contribution is 0.457. The first-order valence-electron chi connectivity index (χ1n) is 5.45. The Morgan fingerprint density at radius 1 is 1.50 bits per heavy atom. The van der Waals surface area contributed by atoms with Gasteiger partial charge in [0, 0.05) is 7.05 Å². The van der Waals surface area contributed by atoms with Crippen molar-refractivity contribution in [3.63, 3.8) is 0 Å². The van der Waals surface area contributed by atoms with E-state index >= 15 is 0 Å². The molecule has 2 rings (SSSR count). The molecule has 9 heteroatoms. The molecule has 1 N–H and O–H groups in total. The van der Waals surface area contributed by atoms with Crippen molar-refractivity contribution in [2.24, 2.45) is 0 Å². The molecule has 1 aromatic heterocycles. The molecule has 0 fully saturated rings. The molecule has 0 saturated carbocycles. The predicted octanol–water partition coefficient (Wildman–Crippen LogP) is 0.636. The maximum atomic E-state index is 13.2. The fourth-order valence-corrected chi connectivity index (χ4v) is 2.69. The van der Waals surface area contributed by atoms with E-state index in [0.29, 0.717) is 5.82 Å². The lowest BCUT2D eigenvalue weighted by atomic mass is 10.2. The Balaban J connectivity index is 2.33. The van der Waals surface area contributed by atoms with E-state index in [0.717, 1.165) is 22.5 Å². The van der Waals surface area contributed by atoms with Gasteiger partial charge in [0.05, 0.1) is 17.0 Å². The molecule has 0 spiro atoms. The number of nitrogens with zero attached hydrogens (tertiary/aromatic N) is 4. The van der Waals surface area contributed by atoms with E-state index in [4.69, 9.17) is 5.26 Å². The SMILES string of the molecule is CN(Cc1ncn[nH]1)S(=O)(=O)c1ccc(F)c(C#N)c1. The molecule has 0 saturated heterocycles. The van der Waals surface area contributed by atoms with Crippen LogP contribution in [0.2, 0.25) is 0 Å². The van der Waals surface area contributed by atoms with E-state index in [1.165, 1.54) is 13.4 Å². The summed E-state index contributed by atoms with van der Waals surface area (Å²) in [7, 11) is -2.48. The summed E-state index contributed by atoms with van der Waals surface area (Å²) in [5, 5.41) is 14.9. The van der Waals surface area contributed by atoms with E-state index in [2.05, 4.69) is 15.2 Å². The number of hydrogen-bond acceptors (Lipinski definition) is 5. The number of halogens is 1. The summed E-state index contributed by atoms with van der Waals surface area (Å²) in [5.74, 6) is -0.386. The summed E-state index contributed by atoms with van der Waals surface area (Å²) < 4.78 is 38.8. The molecule has 2 aromatic rings. The topological polar surface area (TPSA) is 103 Å². The second kappa shape index (κ2) is 5.36. The first kappa shape index (κ1) is 14.1. The largest absolute Gasteiger partial charge is 0.262 e. The van der Waals surface area contributed by atoms with Crippen molar-refractivity contribution in [3.8, 4) is 6.07 Å². The molecule has 1 heterocycles. The number of aromatic nitrogens is 3. The summed E-state index contributed by atoms with van der Waals surface area (Å²) in [6, 6.07) is 4.67. The molecule has 0 atom stereocenters. The van der Waals surface area contributed by atoms with Crippen molar-refractivity contribution < 1.29 is 12.8 Å². The van der Waals surface area contributed by atoms with Crippen LogP contribution in [0.4, 0.5) is 4.39 Å². The van der Waals surface area contributed by atoms with Gasteiger partial charge in [-0.05, 0) is 18.2 Å². The molecule has 0 unspecified atom stereocenters. The quantitative estimate of drug-likeness (QED) is 0.891. The van der Waals surface area contributed by atoms with E-state index in [1.54, 1.807) is 6.07 Å². The number of aromatic amines is 1. The normalized spacial score (nSPS) is 11.5. The average Bonchev–Trinajstić information content (AvgIpc) is 2.91. The highest BCUT2D eigenvalue weighted by Gasteiger charge is 2.23. The highest BCUT2D eigenvalue weighted by Crippen LogP contribution is 2.18. The van der Waals surface area contributed by atoms with Crippen molar-refractivity contribution >= 4 is 10.0 Å². The molecule has 0 aliphatic heterocycles. The zero-order valence-electron chi connectivity index (χ0n) is 10.4. The van der Waals surface area contributed by atoms with Crippen molar-refractivity contribution in [2.75, 3.05) is 7.05 Å². The molecule has 0 aliphatic rings. The number of nitriles is 1. The van der Waals surface area contributed by atoms with Gasteiger partial charge in [0.2, 0.25) is 10.0 Å². The Morgan fingerprint density at radius 3 is 2.85 bits per heavy atom. The third-order valence-corrected chi connectivity index (χ3v) is 4.40. The Bertz CT molecular complexity index is 752. The monoisotopic (exact) mass is 295 g/mol. The third-order valence-electron chi connectivity index (χ3n) is 2.60. The maximum Gasteiger partial charge on any atom is 0.243 e. The minimum absolute atomic E-state index is 0.0123. The van der Waals surface area contributed by atoms with Gasteiger partial charge in [0.1, 0.15) is 24.0 Å². The van der Waals surface area contributed by atoms with E-state index < -0.39 is 15.8 Å². The minimum atomic E-state index is -3.84. The molecule has 104 valence electrons. The second-order valence-electron chi connectivity index (χ2n) is 3.95. The third kappa shape index (κ3) is 2.66. The molecular formula is C11H10FN5O2S. The first-order valence-corrected chi connectivity index (χ1v) is 6.89. The molecule has 0 aliphatic carbocycles. The summed E-state index contributed by atoms with van der Waals surface area (Å²) in [5.41, 5.74) is -0.320. The van der Waals surface area contributed by atoms with Gasteiger partial charge in [-0.25, -0.2) is 17.8 Å². The Labute approximate surface area is 114 Å². The predicted molar refractivity (Wildman–Crippen MR) is 66.2 cm³/mol. The van der Waals surface area contributed by atoms with Gasteiger partial charge in [-0.2, -0.15) is 14.7 Å². The molecule has 0 radical (unpaired) electrons. The summed E-state index contributed by atoms with van der Waals surface area (Å²) in [4.78, 5) is 3.67. The van der Waals surface area contributed by atoms with Crippen LogP contribution in [0.3, 0.4) is 0 Å². The van der Waals surface area contributed by atoms with Crippen LogP contribution in [0.25, 0.3) is 0 Å². The van der Waals surface area contributed by atoms with Crippen molar-refractivity contribution in [1.82, 2.24) is 19.5 Å².